The van der Waals surface area contributed by atoms with E-state index >= 15 is 0 Å². The minimum atomic E-state index is -0.502. The third-order valence-electron chi connectivity index (χ3n) is 2.51. The highest BCUT2D eigenvalue weighted by molar-refractivity contribution is 9.10. The van der Waals surface area contributed by atoms with Gasteiger partial charge in [0.2, 0.25) is 0 Å². The van der Waals surface area contributed by atoms with E-state index in [4.69, 9.17) is 16.9 Å². The van der Waals surface area contributed by atoms with Gasteiger partial charge in [-0.2, -0.15) is 5.26 Å². The Balaban J connectivity index is 2.59. The number of benzene rings is 1. The predicted octanol–water partition coefficient (Wildman–Crippen LogP) is 3.36. The number of nitriles is 1. The average Bonchev–Trinajstić information content (AvgIpc) is 2.92. The molecule has 1 fully saturated rings. The summed E-state index contributed by atoms with van der Waals surface area (Å²) in [6.45, 7) is 0. The Morgan fingerprint density at radius 3 is 2.64 bits per heavy atom. The molecule has 2 rings (SSSR count). The lowest BCUT2D eigenvalue weighted by atomic mass is 9.97. The Kier molecular flexibility index (Phi) is 2.21. The summed E-state index contributed by atoms with van der Waals surface area (Å²) < 4.78 is 0.543. The Morgan fingerprint density at radius 1 is 1.50 bits per heavy atom. The van der Waals surface area contributed by atoms with Crippen molar-refractivity contribution >= 4 is 27.5 Å². The van der Waals surface area contributed by atoms with Crippen LogP contribution in [-0.2, 0) is 5.41 Å². The highest BCUT2D eigenvalue weighted by Crippen LogP contribution is 2.52. The van der Waals surface area contributed by atoms with Gasteiger partial charge in [0.15, 0.2) is 0 Å². The fourth-order valence-corrected chi connectivity index (χ4v) is 2.31. The normalized spacial score (nSPS) is 17.5. The SMILES string of the molecule is N#CC1(c2cc(Cl)cc(Br)c2O)CC1. The quantitative estimate of drug-likeness (QED) is 0.852. The van der Waals surface area contributed by atoms with Crippen LogP contribution in [0.1, 0.15) is 18.4 Å². The summed E-state index contributed by atoms with van der Waals surface area (Å²) in [6, 6.07) is 5.51. The lowest BCUT2D eigenvalue weighted by molar-refractivity contribution is 0.461. The third kappa shape index (κ3) is 1.39. The predicted molar refractivity (Wildman–Crippen MR) is 57.3 cm³/mol. The summed E-state index contributed by atoms with van der Waals surface area (Å²) in [6.07, 6.45) is 1.59. The molecular formula is C10H7BrClNO. The number of hydrogen-bond acceptors (Lipinski definition) is 2. The molecule has 14 heavy (non-hydrogen) atoms. The minimum absolute atomic E-state index is 0.133. The zero-order valence-corrected chi connectivity index (χ0v) is 9.56. The van der Waals surface area contributed by atoms with E-state index in [0.717, 1.165) is 12.8 Å². The maximum Gasteiger partial charge on any atom is 0.134 e. The molecule has 0 bridgehead atoms. The van der Waals surface area contributed by atoms with E-state index in [1.807, 2.05) is 0 Å². The van der Waals surface area contributed by atoms with Gasteiger partial charge >= 0.3 is 0 Å². The van der Waals surface area contributed by atoms with Crippen LogP contribution in [0.5, 0.6) is 5.75 Å². The molecule has 1 N–H and O–H groups in total. The zero-order valence-electron chi connectivity index (χ0n) is 7.22. The summed E-state index contributed by atoms with van der Waals surface area (Å²) >= 11 is 9.06. The molecule has 0 saturated heterocycles. The summed E-state index contributed by atoms with van der Waals surface area (Å²) in [5.41, 5.74) is 0.136. The van der Waals surface area contributed by atoms with Gasteiger partial charge in [-0.3, -0.25) is 0 Å². The molecule has 0 heterocycles. The van der Waals surface area contributed by atoms with E-state index in [1.165, 1.54) is 0 Å². The van der Waals surface area contributed by atoms with Crippen molar-refractivity contribution in [3.8, 4) is 11.8 Å². The van der Waals surface area contributed by atoms with Gasteiger partial charge < -0.3 is 5.11 Å². The molecule has 1 aromatic carbocycles. The van der Waals surface area contributed by atoms with Crippen LogP contribution in [0.4, 0.5) is 0 Å². The summed E-state index contributed by atoms with van der Waals surface area (Å²) in [5.74, 6) is 0.133. The van der Waals surface area contributed by atoms with Crippen molar-refractivity contribution in [3.05, 3.63) is 27.2 Å². The van der Waals surface area contributed by atoms with E-state index in [2.05, 4.69) is 22.0 Å². The van der Waals surface area contributed by atoms with Crippen LogP contribution in [0, 0.1) is 11.3 Å². The van der Waals surface area contributed by atoms with E-state index in [-0.39, 0.29) is 5.75 Å². The number of rotatable bonds is 1. The van der Waals surface area contributed by atoms with Crippen LogP contribution >= 0.6 is 27.5 Å². The molecule has 0 radical (unpaired) electrons. The van der Waals surface area contributed by atoms with Crippen LogP contribution < -0.4 is 0 Å². The lowest BCUT2D eigenvalue weighted by Gasteiger charge is -2.10. The summed E-state index contributed by atoms with van der Waals surface area (Å²) in [7, 11) is 0. The zero-order chi connectivity index (χ0) is 10.3. The van der Waals surface area contributed by atoms with E-state index in [9.17, 15) is 5.11 Å². The molecule has 2 nitrogen and oxygen atoms in total. The van der Waals surface area contributed by atoms with E-state index < -0.39 is 5.41 Å². The Hall–Kier alpha value is -0.720. The molecule has 1 aliphatic carbocycles. The molecule has 0 atom stereocenters. The Bertz CT molecular complexity index is 434. The van der Waals surface area contributed by atoms with Gasteiger partial charge in [0.1, 0.15) is 5.75 Å². The number of halogens is 2. The van der Waals surface area contributed by atoms with Gasteiger partial charge in [0, 0.05) is 10.6 Å². The van der Waals surface area contributed by atoms with E-state index in [0.29, 0.717) is 15.1 Å². The van der Waals surface area contributed by atoms with Crippen molar-refractivity contribution in [2.75, 3.05) is 0 Å². The van der Waals surface area contributed by atoms with Gasteiger partial charge in [0.05, 0.1) is 16.0 Å². The van der Waals surface area contributed by atoms with Crippen LogP contribution in [0.2, 0.25) is 5.02 Å². The molecule has 0 spiro atoms. The van der Waals surface area contributed by atoms with Crippen molar-refractivity contribution in [1.29, 1.82) is 5.26 Å². The Morgan fingerprint density at radius 2 is 2.14 bits per heavy atom. The first-order valence-corrected chi connectivity index (χ1v) is 5.36. The maximum absolute atomic E-state index is 9.77. The van der Waals surface area contributed by atoms with Crippen molar-refractivity contribution in [2.24, 2.45) is 0 Å². The topological polar surface area (TPSA) is 44.0 Å². The number of nitrogens with zero attached hydrogens (tertiary/aromatic N) is 1. The standard InChI is InChI=1S/C10H7BrClNO/c11-8-4-6(12)3-7(9(8)14)10(5-13)1-2-10/h3-4,14H,1-2H2. The average molecular weight is 273 g/mol. The molecule has 0 amide bonds. The molecule has 0 aliphatic heterocycles. The second-order valence-electron chi connectivity index (χ2n) is 3.48. The Labute approximate surface area is 95.2 Å². The lowest BCUT2D eigenvalue weighted by Crippen LogP contribution is -2.03. The highest BCUT2D eigenvalue weighted by atomic mass is 79.9. The van der Waals surface area contributed by atoms with Gasteiger partial charge in [-0.05, 0) is 40.9 Å². The number of phenols is 1. The highest BCUT2D eigenvalue weighted by Gasteiger charge is 2.47. The second-order valence-corrected chi connectivity index (χ2v) is 4.77. The first-order valence-electron chi connectivity index (χ1n) is 4.19. The van der Waals surface area contributed by atoms with Crippen LogP contribution in [-0.4, -0.2) is 5.11 Å². The van der Waals surface area contributed by atoms with Crippen molar-refractivity contribution in [3.63, 3.8) is 0 Å². The van der Waals surface area contributed by atoms with Crippen molar-refractivity contribution < 1.29 is 5.11 Å². The van der Waals surface area contributed by atoms with Crippen molar-refractivity contribution in [1.82, 2.24) is 0 Å². The molecule has 1 aromatic rings. The van der Waals surface area contributed by atoms with Gasteiger partial charge in [0.25, 0.3) is 0 Å². The van der Waals surface area contributed by atoms with Crippen LogP contribution in [0.25, 0.3) is 0 Å². The van der Waals surface area contributed by atoms with Gasteiger partial charge in [-0.1, -0.05) is 11.6 Å². The summed E-state index contributed by atoms with van der Waals surface area (Å²) in [5, 5.41) is 19.3. The largest absolute Gasteiger partial charge is 0.506 e. The van der Waals surface area contributed by atoms with E-state index in [1.54, 1.807) is 12.1 Å². The van der Waals surface area contributed by atoms with Crippen LogP contribution in [0.3, 0.4) is 0 Å². The van der Waals surface area contributed by atoms with Crippen LogP contribution in [0.15, 0.2) is 16.6 Å². The first kappa shape index (κ1) is 9.82. The second kappa shape index (κ2) is 3.15. The van der Waals surface area contributed by atoms with Crippen molar-refractivity contribution in [2.45, 2.75) is 18.3 Å². The number of aromatic hydroxyl groups is 1. The molecule has 1 saturated carbocycles. The first-order chi connectivity index (χ1) is 6.59. The third-order valence-corrected chi connectivity index (χ3v) is 3.33. The monoisotopic (exact) mass is 271 g/mol. The fraction of sp³-hybridized carbons (Fsp3) is 0.300. The molecule has 4 heteroatoms. The maximum atomic E-state index is 9.77. The molecule has 72 valence electrons. The number of hydrogen-bond donors (Lipinski definition) is 1. The minimum Gasteiger partial charge on any atom is -0.506 e. The van der Waals surface area contributed by atoms with Gasteiger partial charge in [-0.25, -0.2) is 0 Å². The molecular weight excluding hydrogens is 265 g/mol. The summed E-state index contributed by atoms with van der Waals surface area (Å²) in [4.78, 5) is 0. The molecule has 1 aliphatic rings. The molecule has 0 unspecified atom stereocenters. The fourth-order valence-electron chi connectivity index (χ4n) is 1.50. The molecule has 0 aromatic heterocycles. The number of phenolic OH excluding ortho intramolecular Hbond substituents is 1. The van der Waals surface area contributed by atoms with Gasteiger partial charge in [-0.15, -0.1) is 0 Å². The smallest absolute Gasteiger partial charge is 0.134 e.